The average Bonchev–Trinajstić information content (AvgIpc) is 3.50. The fourth-order valence-electron chi connectivity index (χ4n) is 4.42. The summed E-state index contributed by atoms with van der Waals surface area (Å²) in [6.45, 7) is 10.7. The van der Waals surface area contributed by atoms with Gasteiger partial charge in [-0.25, -0.2) is 14.8 Å². The lowest BCUT2D eigenvalue weighted by atomic mass is 10.1. The summed E-state index contributed by atoms with van der Waals surface area (Å²) in [6, 6.07) is 3.29. The first-order valence-corrected chi connectivity index (χ1v) is 15.2. The lowest BCUT2D eigenvalue weighted by Gasteiger charge is -2.26. The molecular formula is C31H41ClN10O4. The maximum Gasteiger partial charge on any atom is 0.317 e. The van der Waals surface area contributed by atoms with Crippen molar-refractivity contribution < 1.29 is 19.1 Å². The number of aromatic nitrogens is 5. The molecule has 1 aliphatic rings. The van der Waals surface area contributed by atoms with Gasteiger partial charge in [0.05, 0.1) is 31.6 Å². The summed E-state index contributed by atoms with van der Waals surface area (Å²) < 4.78 is 13.3. The highest BCUT2D eigenvalue weighted by Gasteiger charge is 2.16. The Balaban J connectivity index is 1.55. The van der Waals surface area contributed by atoms with Crippen molar-refractivity contribution in [2.75, 3.05) is 64.2 Å². The lowest BCUT2D eigenvalue weighted by molar-refractivity contribution is -0.107. The minimum Gasteiger partial charge on any atom is -0.419 e. The van der Waals surface area contributed by atoms with E-state index in [0.29, 0.717) is 52.4 Å². The predicted molar refractivity (Wildman–Crippen MR) is 177 cm³/mol. The topological polar surface area (TPSA) is 143 Å². The van der Waals surface area contributed by atoms with Crippen LogP contribution in [0.4, 0.5) is 22.2 Å². The van der Waals surface area contributed by atoms with Gasteiger partial charge in [-0.15, -0.1) is 5.10 Å². The molecule has 0 spiro atoms. The molecule has 0 atom stereocenters. The Hall–Kier alpha value is -4.53. The van der Waals surface area contributed by atoms with E-state index in [4.69, 9.17) is 21.1 Å². The number of amides is 3. The number of anilines is 3. The Kier molecular flexibility index (Phi) is 12.1. The molecule has 3 amide bonds. The van der Waals surface area contributed by atoms with Crippen molar-refractivity contribution in [1.82, 2.24) is 39.8 Å². The third kappa shape index (κ3) is 9.49. The van der Waals surface area contributed by atoms with Gasteiger partial charge in [-0.1, -0.05) is 11.6 Å². The molecule has 1 saturated heterocycles. The Morgan fingerprint density at radius 2 is 1.89 bits per heavy atom. The number of ether oxygens (including phenoxy) is 2. The summed E-state index contributed by atoms with van der Waals surface area (Å²) in [5.41, 5.74) is 3.64. The number of nitrogens with zero attached hydrogens (tertiary/aromatic N) is 8. The normalized spacial score (nSPS) is 14.4. The van der Waals surface area contributed by atoms with E-state index in [1.807, 2.05) is 37.7 Å². The van der Waals surface area contributed by atoms with Gasteiger partial charge in [-0.3, -0.25) is 14.4 Å². The highest BCUT2D eigenvalue weighted by molar-refractivity contribution is 6.29. The molecule has 0 aliphatic carbocycles. The maximum atomic E-state index is 12.3. The molecule has 1 fully saturated rings. The molecule has 1 aliphatic heterocycles. The molecule has 14 nitrogen and oxygen atoms in total. The Labute approximate surface area is 274 Å². The molecule has 3 aromatic heterocycles. The Morgan fingerprint density at radius 3 is 2.59 bits per heavy atom. The molecule has 15 heteroatoms. The molecule has 4 rings (SSSR count). The minimum atomic E-state index is -0.269. The van der Waals surface area contributed by atoms with Crippen LogP contribution >= 0.6 is 11.6 Å². The summed E-state index contributed by atoms with van der Waals surface area (Å²) in [5, 5.41) is 11.2. The SMILES string of the molecule is C/C(Cl)=C(C)/C(C)=C/c1cnc(Nc2cnc(Oc3ccn(CCN4CCOCC4)n3)c(CNC(=O)N(C)C)c2)nc1N(C)C=O. The van der Waals surface area contributed by atoms with E-state index in [9.17, 15) is 9.59 Å². The fraction of sp³-hybridized carbons (Fsp3) is 0.419. The average molecular weight is 653 g/mol. The van der Waals surface area contributed by atoms with E-state index < -0.39 is 0 Å². The molecule has 4 heterocycles. The Morgan fingerprint density at radius 1 is 1.13 bits per heavy atom. The number of allylic oxidation sites excluding steroid dienone is 3. The third-order valence-electron chi connectivity index (χ3n) is 7.35. The molecule has 0 aromatic carbocycles. The van der Waals surface area contributed by atoms with E-state index in [-0.39, 0.29) is 18.5 Å². The van der Waals surface area contributed by atoms with Crippen LogP contribution in [0.5, 0.6) is 11.8 Å². The van der Waals surface area contributed by atoms with E-state index in [0.717, 1.165) is 44.0 Å². The van der Waals surface area contributed by atoms with Gasteiger partial charge in [-0.2, -0.15) is 4.98 Å². The molecular weight excluding hydrogens is 612 g/mol. The number of urea groups is 1. The minimum absolute atomic E-state index is 0.141. The number of carbonyl (C=O) groups is 2. The van der Waals surface area contributed by atoms with Crippen molar-refractivity contribution >= 4 is 47.6 Å². The van der Waals surface area contributed by atoms with Gasteiger partial charge < -0.3 is 29.9 Å². The van der Waals surface area contributed by atoms with Gasteiger partial charge in [0.2, 0.25) is 24.1 Å². The molecule has 2 N–H and O–H groups in total. The number of hydrogen-bond donors (Lipinski definition) is 2. The molecule has 0 unspecified atom stereocenters. The van der Waals surface area contributed by atoms with Gasteiger partial charge >= 0.3 is 6.03 Å². The molecule has 0 bridgehead atoms. The number of pyridine rings is 1. The lowest BCUT2D eigenvalue weighted by Crippen LogP contribution is -2.38. The maximum absolute atomic E-state index is 12.3. The van der Waals surface area contributed by atoms with Gasteiger partial charge in [-0.05, 0) is 44.1 Å². The number of hydrogen-bond acceptors (Lipinski definition) is 10. The van der Waals surface area contributed by atoms with Crippen molar-refractivity contribution in [1.29, 1.82) is 0 Å². The molecule has 246 valence electrons. The smallest absolute Gasteiger partial charge is 0.317 e. The number of halogens is 1. The van der Waals surface area contributed by atoms with E-state index in [1.54, 1.807) is 45.7 Å². The largest absolute Gasteiger partial charge is 0.419 e. The van der Waals surface area contributed by atoms with Crippen LogP contribution in [0.2, 0.25) is 0 Å². The van der Waals surface area contributed by atoms with E-state index in [1.165, 1.54) is 9.80 Å². The van der Waals surface area contributed by atoms with Gasteiger partial charge in [0.15, 0.2) is 0 Å². The number of rotatable bonds is 13. The van der Waals surface area contributed by atoms with Crippen LogP contribution in [0, 0.1) is 0 Å². The van der Waals surface area contributed by atoms with Gasteiger partial charge in [0, 0.05) is 81.9 Å². The van der Waals surface area contributed by atoms with Gasteiger partial charge in [0.1, 0.15) is 5.82 Å². The first-order chi connectivity index (χ1) is 22.0. The molecule has 3 aromatic rings. The number of carbonyl (C=O) groups excluding carboxylic acids is 2. The standard InChI is InChI=1S/C31H41ClN10O4/c1-21(22(2)23(3)32)15-24-17-34-30(37-28(24)40(6)20-43)36-26-16-25(18-35-31(44)39(4)5)29(33-19-26)46-27-7-8-42(38-27)10-9-41-11-13-45-14-12-41/h7-8,15-17,19-20H,9-14,18H2,1-6H3,(H,35,44)(H,34,36,37)/b21-15+,23-22-. The first kappa shape index (κ1) is 34.3. The van der Waals surface area contributed by atoms with Crippen LogP contribution in [0.15, 0.2) is 46.9 Å². The number of morpholine rings is 1. The quantitative estimate of drug-likeness (QED) is 0.203. The summed E-state index contributed by atoms with van der Waals surface area (Å²) in [7, 11) is 4.93. The zero-order chi connectivity index (χ0) is 33.2. The van der Waals surface area contributed by atoms with Gasteiger partial charge in [0.25, 0.3) is 0 Å². The molecule has 0 saturated carbocycles. The second kappa shape index (κ2) is 16.2. The van der Waals surface area contributed by atoms with Crippen molar-refractivity contribution in [2.24, 2.45) is 0 Å². The van der Waals surface area contributed by atoms with E-state index >= 15 is 0 Å². The summed E-state index contributed by atoms with van der Waals surface area (Å²) in [5.74, 6) is 1.33. The fourth-order valence-corrected chi connectivity index (χ4v) is 4.57. The third-order valence-corrected chi connectivity index (χ3v) is 7.64. The van der Waals surface area contributed by atoms with Crippen LogP contribution in [-0.2, 0) is 22.6 Å². The van der Waals surface area contributed by atoms with Crippen LogP contribution in [-0.4, -0.2) is 101 Å². The second-order valence-electron chi connectivity index (χ2n) is 11.0. The zero-order valence-electron chi connectivity index (χ0n) is 27.1. The van der Waals surface area contributed by atoms with Crippen molar-refractivity contribution in [3.8, 4) is 11.8 Å². The Bertz CT molecular complexity index is 1580. The summed E-state index contributed by atoms with van der Waals surface area (Å²) >= 11 is 6.18. The van der Waals surface area contributed by atoms with Crippen LogP contribution < -0.4 is 20.3 Å². The summed E-state index contributed by atoms with van der Waals surface area (Å²) in [6.07, 6.45) is 7.62. The zero-order valence-corrected chi connectivity index (χ0v) is 27.8. The summed E-state index contributed by atoms with van der Waals surface area (Å²) in [4.78, 5) is 42.7. The van der Waals surface area contributed by atoms with Crippen LogP contribution in [0.3, 0.4) is 0 Å². The first-order valence-electron chi connectivity index (χ1n) is 14.8. The molecule has 46 heavy (non-hydrogen) atoms. The van der Waals surface area contributed by atoms with Crippen LogP contribution in [0.25, 0.3) is 6.08 Å². The van der Waals surface area contributed by atoms with Crippen LogP contribution in [0.1, 0.15) is 31.9 Å². The predicted octanol–water partition coefficient (Wildman–Crippen LogP) is 4.24. The number of nitrogens with one attached hydrogen (secondary N) is 2. The highest BCUT2D eigenvalue weighted by Crippen LogP contribution is 2.28. The van der Waals surface area contributed by atoms with Crippen molar-refractivity contribution in [3.63, 3.8) is 0 Å². The van der Waals surface area contributed by atoms with Crippen molar-refractivity contribution in [3.05, 3.63) is 58.0 Å². The monoisotopic (exact) mass is 652 g/mol. The van der Waals surface area contributed by atoms with Crippen molar-refractivity contribution in [2.45, 2.75) is 33.9 Å². The highest BCUT2D eigenvalue weighted by atomic mass is 35.5. The molecule has 0 radical (unpaired) electrons. The second-order valence-corrected chi connectivity index (χ2v) is 11.6. The van der Waals surface area contributed by atoms with E-state index in [2.05, 4.69) is 35.6 Å².